The van der Waals surface area contributed by atoms with Gasteiger partial charge in [-0.05, 0) is 18.2 Å². The average molecular weight is 488 g/mol. The summed E-state index contributed by atoms with van der Waals surface area (Å²) >= 11 is 5.78. The van der Waals surface area contributed by atoms with Gasteiger partial charge in [0.15, 0.2) is 0 Å². The van der Waals surface area contributed by atoms with Gasteiger partial charge in [0.05, 0.1) is 26.9 Å². The number of carbonyl (C=O) groups is 3. The zero-order chi connectivity index (χ0) is 24.1. The fourth-order valence-electron chi connectivity index (χ4n) is 2.32. The van der Waals surface area contributed by atoms with Crippen LogP contribution in [0.4, 0.5) is 21.2 Å². The predicted octanol–water partition coefficient (Wildman–Crippen LogP) is 1.64. The number of nitrogens with zero attached hydrogens (tertiary/aromatic N) is 3. The van der Waals surface area contributed by atoms with E-state index in [-0.39, 0.29) is 28.2 Å². The summed E-state index contributed by atoms with van der Waals surface area (Å²) in [6.45, 7) is 0. The van der Waals surface area contributed by atoms with Crippen molar-refractivity contribution in [3.05, 3.63) is 35.0 Å². The Hall–Kier alpha value is -3.65. The summed E-state index contributed by atoms with van der Waals surface area (Å²) in [4.78, 5) is 44.0. The van der Waals surface area contributed by atoms with Crippen molar-refractivity contribution in [1.29, 1.82) is 0 Å². The maximum Gasteiger partial charge on any atom is 0.413 e. The molecular weight excluding hydrogens is 470 g/mol. The van der Waals surface area contributed by atoms with E-state index in [9.17, 15) is 22.8 Å². The monoisotopic (exact) mass is 487 g/mol. The molecule has 13 nitrogen and oxygen atoms in total. The number of carbonyl (C=O) groups excluding carboxylic acids is 3. The molecule has 2 rings (SSSR count). The molecule has 2 aromatic rings. The number of esters is 1. The van der Waals surface area contributed by atoms with Crippen LogP contribution in [0.5, 0.6) is 5.88 Å². The minimum absolute atomic E-state index is 0.0229. The van der Waals surface area contributed by atoms with Gasteiger partial charge in [-0.15, -0.1) is 0 Å². The Morgan fingerprint density at radius 1 is 1.06 bits per heavy atom. The lowest BCUT2D eigenvalue weighted by atomic mass is 10.2. The molecule has 0 saturated heterocycles. The van der Waals surface area contributed by atoms with Crippen LogP contribution in [0.15, 0.2) is 29.2 Å². The molecule has 1 heterocycles. The molecule has 3 amide bonds. The van der Waals surface area contributed by atoms with Crippen LogP contribution in [0.3, 0.4) is 0 Å². The summed E-state index contributed by atoms with van der Waals surface area (Å²) in [6, 6.07) is 3.44. The van der Waals surface area contributed by atoms with E-state index in [4.69, 9.17) is 16.3 Å². The molecule has 1 aromatic heterocycles. The quantitative estimate of drug-likeness (QED) is 0.451. The zero-order valence-corrected chi connectivity index (χ0v) is 18.8. The van der Waals surface area contributed by atoms with Crippen molar-refractivity contribution < 1.29 is 37.0 Å². The number of aromatic nitrogens is 2. The van der Waals surface area contributed by atoms with E-state index < -0.39 is 33.0 Å². The molecule has 0 aliphatic rings. The van der Waals surface area contributed by atoms with Crippen LogP contribution in [-0.2, 0) is 19.5 Å². The van der Waals surface area contributed by atoms with Crippen LogP contribution in [0.1, 0.15) is 10.4 Å². The number of nitrogens with one attached hydrogen (secondary N) is 2. The van der Waals surface area contributed by atoms with Gasteiger partial charge in [0.2, 0.25) is 11.8 Å². The minimum Gasteiger partial charge on any atom is -0.481 e. The highest BCUT2D eigenvalue weighted by Crippen LogP contribution is 2.24. The van der Waals surface area contributed by atoms with E-state index in [0.717, 1.165) is 31.3 Å². The van der Waals surface area contributed by atoms with E-state index in [1.807, 2.05) is 0 Å². The van der Waals surface area contributed by atoms with Gasteiger partial charge < -0.3 is 14.2 Å². The standard InChI is InChI=1S/C17H18ClN5O8S/c1-23(17(26)31-4)9-5-6-10(14(24)30-3)11(7-9)32(27,28)22-16(25)21-15-19-12(18)8-13(20-15)29-2/h5-8H,1-4H3,(H2,19,20,21,22,25). The van der Waals surface area contributed by atoms with Crippen LogP contribution in [0, 0.1) is 0 Å². The van der Waals surface area contributed by atoms with Gasteiger partial charge in [-0.1, -0.05) is 11.6 Å². The van der Waals surface area contributed by atoms with Crippen LogP contribution in [0.2, 0.25) is 5.15 Å². The van der Waals surface area contributed by atoms with Gasteiger partial charge in [0.1, 0.15) is 10.0 Å². The average Bonchev–Trinajstić information content (AvgIpc) is 2.76. The van der Waals surface area contributed by atoms with Crippen molar-refractivity contribution in [2.75, 3.05) is 38.6 Å². The molecule has 0 atom stereocenters. The molecule has 0 radical (unpaired) electrons. The number of sulfonamides is 1. The number of hydrogen-bond donors (Lipinski definition) is 2. The van der Waals surface area contributed by atoms with E-state index in [0.29, 0.717) is 0 Å². The summed E-state index contributed by atoms with van der Waals surface area (Å²) in [7, 11) is 0.173. The first-order valence-corrected chi connectivity index (χ1v) is 10.3. The SMILES string of the molecule is COC(=O)c1ccc(N(C)C(=O)OC)cc1S(=O)(=O)NC(=O)Nc1nc(Cl)cc(OC)n1. The third-order valence-electron chi connectivity index (χ3n) is 3.83. The summed E-state index contributed by atoms with van der Waals surface area (Å²) in [5.41, 5.74) is -0.316. The number of ether oxygens (including phenoxy) is 3. The molecule has 32 heavy (non-hydrogen) atoms. The Bertz CT molecular complexity index is 1160. The number of anilines is 2. The van der Waals surface area contributed by atoms with Crippen molar-refractivity contribution in [3.63, 3.8) is 0 Å². The van der Waals surface area contributed by atoms with Gasteiger partial charge in [0.25, 0.3) is 10.0 Å². The number of methoxy groups -OCH3 is 3. The molecule has 15 heteroatoms. The summed E-state index contributed by atoms with van der Waals surface area (Å²) in [5.74, 6) is -1.30. The molecule has 0 spiro atoms. The lowest BCUT2D eigenvalue weighted by Gasteiger charge is -2.18. The molecule has 1 aromatic carbocycles. The zero-order valence-electron chi connectivity index (χ0n) is 17.2. The molecular formula is C17H18ClN5O8S. The molecule has 0 unspecified atom stereocenters. The van der Waals surface area contributed by atoms with Gasteiger partial charge in [-0.3, -0.25) is 10.2 Å². The first-order valence-electron chi connectivity index (χ1n) is 8.48. The van der Waals surface area contributed by atoms with Crippen molar-refractivity contribution in [3.8, 4) is 5.88 Å². The number of halogens is 1. The number of urea groups is 1. The molecule has 0 fully saturated rings. The lowest BCUT2D eigenvalue weighted by Crippen LogP contribution is -2.36. The fourth-order valence-corrected chi connectivity index (χ4v) is 3.62. The van der Waals surface area contributed by atoms with Gasteiger partial charge in [-0.25, -0.2) is 32.5 Å². The summed E-state index contributed by atoms with van der Waals surface area (Å²) < 4.78 is 41.5. The van der Waals surface area contributed by atoms with E-state index in [2.05, 4.69) is 24.8 Å². The Balaban J connectivity index is 2.40. The number of benzene rings is 1. The highest BCUT2D eigenvalue weighted by atomic mass is 35.5. The first-order chi connectivity index (χ1) is 15.0. The van der Waals surface area contributed by atoms with Crippen LogP contribution in [-0.4, -0.2) is 64.9 Å². The topological polar surface area (TPSA) is 166 Å². The summed E-state index contributed by atoms with van der Waals surface area (Å²) in [5, 5.41) is 2.03. The predicted molar refractivity (Wildman–Crippen MR) is 112 cm³/mol. The van der Waals surface area contributed by atoms with Crippen molar-refractivity contribution >= 4 is 51.4 Å². The van der Waals surface area contributed by atoms with Crippen LogP contribution >= 0.6 is 11.6 Å². The third-order valence-corrected chi connectivity index (χ3v) is 5.39. The number of amides is 3. The second kappa shape index (κ2) is 10.1. The second-order valence-electron chi connectivity index (χ2n) is 5.82. The van der Waals surface area contributed by atoms with Crippen molar-refractivity contribution in [2.45, 2.75) is 4.90 Å². The summed E-state index contributed by atoms with van der Waals surface area (Å²) in [6.07, 6.45) is -0.795. The Morgan fingerprint density at radius 2 is 1.75 bits per heavy atom. The normalized spacial score (nSPS) is 10.7. The maximum absolute atomic E-state index is 12.9. The lowest BCUT2D eigenvalue weighted by molar-refractivity contribution is 0.0596. The molecule has 0 aliphatic carbocycles. The molecule has 0 bridgehead atoms. The molecule has 0 aliphatic heterocycles. The number of rotatable bonds is 6. The smallest absolute Gasteiger partial charge is 0.413 e. The van der Waals surface area contributed by atoms with Crippen LogP contribution in [0.25, 0.3) is 0 Å². The Labute approximate surface area is 187 Å². The molecule has 0 saturated carbocycles. The van der Waals surface area contributed by atoms with E-state index in [1.54, 1.807) is 4.72 Å². The second-order valence-corrected chi connectivity index (χ2v) is 7.86. The van der Waals surface area contributed by atoms with Gasteiger partial charge >= 0.3 is 18.1 Å². The Kier molecular flexibility index (Phi) is 7.77. The largest absolute Gasteiger partial charge is 0.481 e. The molecule has 2 N–H and O–H groups in total. The third kappa shape index (κ3) is 5.73. The van der Waals surface area contributed by atoms with Crippen LogP contribution < -0.4 is 19.7 Å². The Morgan fingerprint density at radius 3 is 2.34 bits per heavy atom. The highest BCUT2D eigenvalue weighted by Gasteiger charge is 2.27. The van der Waals surface area contributed by atoms with Crippen molar-refractivity contribution in [1.82, 2.24) is 14.7 Å². The van der Waals surface area contributed by atoms with Gasteiger partial charge in [0, 0.05) is 18.8 Å². The first kappa shape index (κ1) is 24.6. The maximum atomic E-state index is 12.9. The van der Waals surface area contributed by atoms with Gasteiger partial charge in [-0.2, -0.15) is 4.98 Å². The van der Waals surface area contributed by atoms with Crippen molar-refractivity contribution in [2.24, 2.45) is 0 Å². The van der Waals surface area contributed by atoms with E-state index >= 15 is 0 Å². The molecule has 172 valence electrons. The number of hydrogen-bond acceptors (Lipinski definition) is 10. The minimum atomic E-state index is -4.64. The highest BCUT2D eigenvalue weighted by molar-refractivity contribution is 7.90. The van der Waals surface area contributed by atoms with E-state index in [1.165, 1.54) is 26.3 Å². The fraction of sp³-hybridized carbons (Fsp3) is 0.235.